The second-order valence-electron chi connectivity index (χ2n) is 5.53. The van der Waals surface area contributed by atoms with Gasteiger partial charge in [-0.15, -0.1) is 11.3 Å². The van der Waals surface area contributed by atoms with E-state index in [9.17, 15) is 0 Å². The van der Waals surface area contributed by atoms with E-state index in [0.717, 1.165) is 42.8 Å². The number of likely N-dealkylation sites (N-methyl/N-ethyl adjacent to an activating group) is 1. The number of rotatable bonds is 4. The summed E-state index contributed by atoms with van der Waals surface area (Å²) in [5.74, 6) is 1.83. The quantitative estimate of drug-likeness (QED) is 0.941. The van der Waals surface area contributed by atoms with Crippen LogP contribution in [0.15, 0.2) is 11.4 Å². The summed E-state index contributed by atoms with van der Waals surface area (Å²) in [6.45, 7) is 8.34. The number of nitrogens with zero attached hydrogens (tertiary/aromatic N) is 4. The van der Waals surface area contributed by atoms with E-state index in [0.29, 0.717) is 6.04 Å². The van der Waals surface area contributed by atoms with E-state index in [1.165, 1.54) is 11.8 Å². The van der Waals surface area contributed by atoms with Crippen molar-refractivity contribution in [3.8, 4) is 0 Å². The molecular weight excluding hydrogens is 282 g/mol. The van der Waals surface area contributed by atoms with Crippen LogP contribution in [0.3, 0.4) is 0 Å². The summed E-state index contributed by atoms with van der Waals surface area (Å²) >= 11 is 1.68. The molecule has 6 heteroatoms. The molecule has 3 heterocycles. The number of hydrogen-bond donors (Lipinski definition) is 1. The summed E-state index contributed by atoms with van der Waals surface area (Å²) in [7, 11) is 2.22. The third-order valence-electron chi connectivity index (χ3n) is 4.19. The van der Waals surface area contributed by atoms with Crippen LogP contribution >= 0.6 is 11.3 Å². The number of nitrogens with one attached hydrogen (secondary N) is 1. The minimum absolute atomic E-state index is 0.602. The van der Waals surface area contributed by atoms with Crippen molar-refractivity contribution in [3.05, 3.63) is 11.4 Å². The van der Waals surface area contributed by atoms with Crippen LogP contribution in [0.1, 0.15) is 20.3 Å². The predicted octanol–water partition coefficient (Wildman–Crippen LogP) is 2.65. The average Bonchev–Trinajstić information content (AvgIpc) is 2.96. The third-order valence-corrected chi connectivity index (χ3v) is 4.99. The van der Waals surface area contributed by atoms with Gasteiger partial charge in [-0.05, 0) is 31.8 Å². The van der Waals surface area contributed by atoms with Crippen molar-refractivity contribution in [1.29, 1.82) is 0 Å². The van der Waals surface area contributed by atoms with Crippen molar-refractivity contribution >= 4 is 33.3 Å². The van der Waals surface area contributed by atoms with Crippen LogP contribution in [0, 0.1) is 0 Å². The highest BCUT2D eigenvalue weighted by Crippen LogP contribution is 2.30. The molecule has 1 saturated heterocycles. The Balaban J connectivity index is 1.96. The normalized spacial score (nSPS) is 20.1. The minimum Gasteiger partial charge on any atom is -0.354 e. The van der Waals surface area contributed by atoms with Crippen LogP contribution in [0.4, 0.5) is 11.8 Å². The number of fused-ring (bicyclic) bond motifs is 1. The molecule has 0 saturated carbocycles. The summed E-state index contributed by atoms with van der Waals surface area (Å²) in [6.07, 6.45) is 1.17. The molecule has 21 heavy (non-hydrogen) atoms. The lowest BCUT2D eigenvalue weighted by Crippen LogP contribution is -2.51. The molecule has 0 aliphatic carbocycles. The van der Waals surface area contributed by atoms with Gasteiger partial charge >= 0.3 is 0 Å². The van der Waals surface area contributed by atoms with Crippen LogP contribution in [-0.4, -0.2) is 54.1 Å². The molecule has 0 amide bonds. The van der Waals surface area contributed by atoms with Gasteiger partial charge in [-0.25, -0.2) is 4.98 Å². The Bertz CT molecular complexity index is 611. The first-order valence-corrected chi connectivity index (χ1v) is 8.55. The van der Waals surface area contributed by atoms with Gasteiger partial charge in [-0.3, -0.25) is 4.90 Å². The van der Waals surface area contributed by atoms with E-state index in [1.807, 2.05) is 0 Å². The van der Waals surface area contributed by atoms with Gasteiger partial charge in [0.15, 0.2) is 0 Å². The molecule has 114 valence electrons. The largest absolute Gasteiger partial charge is 0.354 e. The van der Waals surface area contributed by atoms with Gasteiger partial charge in [-0.2, -0.15) is 4.98 Å². The number of piperazine rings is 1. The molecule has 0 spiro atoms. The zero-order chi connectivity index (χ0) is 14.8. The van der Waals surface area contributed by atoms with Crippen LogP contribution in [0.5, 0.6) is 0 Å². The van der Waals surface area contributed by atoms with Gasteiger partial charge < -0.3 is 10.2 Å². The van der Waals surface area contributed by atoms with Crippen LogP contribution in [-0.2, 0) is 0 Å². The Kier molecular flexibility index (Phi) is 4.26. The maximum absolute atomic E-state index is 4.77. The molecule has 0 radical (unpaired) electrons. The molecule has 1 aliphatic rings. The van der Waals surface area contributed by atoms with E-state index in [1.54, 1.807) is 11.3 Å². The van der Waals surface area contributed by atoms with Crippen LogP contribution in [0.25, 0.3) is 10.2 Å². The molecule has 0 aromatic carbocycles. The molecule has 1 N–H and O–H groups in total. The highest BCUT2D eigenvalue weighted by atomic mass is 32.1. The Morgan fingerprint density at radius 1 is 1.33 bits per heavy atom. The van der Waals surface area contributed by atoms with Gasteiger partial charge in [0.1, 0.15) is 10.6 Å². The fourth-order valence-corrected chi connectivity index (χ4v) is 3.66. The lowest BCUT2D eigenvalue weighted by atomic mass is 10.1. The monoisotopic (exact) mass is 305 g/mol. The zero-order valence-corrected chi connectivity index (χ0v) is 13.8. The van der Waals surface area contributed by atoms with E-state index in [4.69, 9.17) is 4.98 Å². The summed E-state index contributed by atoms with van der Waals surface area (Å²) in [4.78, 5) is 15.3. The molecule has 1 atom stereocenters. The fourth-order valence-electron chi connectivity index (χ4n) is 2.90. The molecule has 2 aromatic rings. The molecule has 1 fully saturated rings. The summed E-state index contributed by atoms with van der Waals surface area (Å²) < 4.78 is 0. The first kappa shape index (κ1) is 14.5. The first-order chi connectivity index (χ1) is 10.2. The maximum Gasteiger partial charge on any atom is 0.226 e. The third kappa shape index (κ3) is 2.82. The van der Waals surface area contributed by atoms with E-state index < -0.39 is 0 Å². The molecule has 1 unspecified atom stereocenters. The van der Waals surface area contributed by atoms with E-state index in [2.05, 4.69) is 52.4 Å². The topological polar surface area (TPSA) is 44.3 Å². The highest BCUT2D eigenvalue weighted by Gasteiger charge is 2.25. The standard InChI is InChI=1S/C15H23N5S/c1-4-11-10-20(8-7-19(11)3)13-12-6-9-21-14(12)18-15(17-13)16-5-2/h6,9,11H,4-5,7-8,10H2,1-3H3,(H,16,17,18). The molecule has 3 rings (SSSR count). The summed E-state index contributed by atoms with van der Waals surface area (Å²) in [6, 6.07) is 2.75. The fraction of sp³-hybridized carbons (Fsp3) is 0.600. The van der Waals surface area contributed by atoms with Gasteiger partial charge in [0.25, 0.3) is 0 Å². The average molecular weight is 305 g/mol. The first-order valence-electron chi connectivity index (χ1n) is 7.67. The second-order valence-corrected chi connectivity index (χ2v) is 6.42. The molecule has 1 aliphatic heterocycles. The van der Waals surface area contributed by atoms with Crippen molar-refractivity contribution in [2.45, 2.75) is 26.3 Å². The molecule has 2 aromatic heterocycles. The summed E-state index contributed by atoms with van der Waals surface area (Å²) in [5.41, 5.74) is 0. The Morgan fingerprint density at radius 3 is 2.95 bits per heavy atom. The molecule has 0 bridgehead atoms. The minimum atomic E-state index is 0.602. The zero-order valence-electron chi connectivity index (χ0n) is 13.0. The Hall–Kier alpha value is -1.40. The van der Waals surface area contributed by atoms with E-state index >= 15 is 0 Å². The lowest BCUT2D eigenvalue weighted by molar-refractivity contribution is 0.213. The van der Waals surface area contributed by atoms with Gasteiger partial charge in [0.05, 0.1) is 5.39 Å². The molecule has 5 nitrogen and oxygen atoms in total. The van der Waals surface area contributed by atoms with Crippen molar-refractivity contribution < 1.29 is 0 Å². The number of anilines is 2. The smallest absolute Gasteiger partial charge is 0.226 e. The van der Waals surface area contributed by atoms with Crippen molar-refractivity contribution in [2.75, 3.05) is 43.4 Å². The second kappa shape index (κ2) is 6.15. The van der Waals surface area contributed by atoms with Crippen molar-refractivity contribution in [3.63, 3.8) is 0 Å². The highest BCUT2D eigenvalue weighted by molar-refractivity contribution is 7.16. The number of hydrogen-bond acceptors (Lipinski definition) is 6. The Labute approximate surface area is 130 Å². The molecular formula is C15H23N5S. The van der Waals surface area contributed by atoms with Gasteiger partial charge in [0.2, 0.25) is 5.95 Å². The van der Waals surface area contributed by atoms with Crippen molar-refractivity contribution in [2.24, 2.45) is 0 Å². The maximum atomic E-state index is 4.77. The van der Waals surface area contributed by atoms with Crippen molar-refractivity contribution in [1.82, 2.24) is 14.9 Å². The summed E-state index contributed by atoms with van der Waals surface area (Å²) in [5, 5.41) is 6.53. The number of aromatic nitrogens is 2. The Morgan fingerprint density at radius 2 is 2.19 bits per heavy atom. The van der Waals surface area contributed by atoms with Crippen LogP contribution in [0.2, 0.25) is 0 Å². The van der Waals surface area contributed by atoms with Gasteiger partial charge in [-0.1, -0.05) is 6.92 Å². The number of thiophene rings is 1. The lowest BCUT2D eigenvalue weighted by Gasteiger charge is -2.39. The van der Waals surface area contributed by atoms with E-state index in [-0.39, 0.29) is 0 Å². The predicted molar refractivity (Wildman–Crippen MR) is 90.5 cm³/mol. The SMILES string of the molecule is CCNc1nc(N2CCN(C)C(CC)C2)c2ccsc2n1. The van der Waals surface area contributed by atoms with Crippen LogP contribution < -0.4 is 10.2 Å². The van der Waals surface area contributed by atoms with Gasteiger partial charge in [0, 0.05) is 32.2 Å².